The fourth-order valence-corrected chi connectivity index (χ4v) is 2.06. The lowest BCUT2D eigenvalue weighted by Gasteiger charge is -2.16. The molecule has 2 rings (SSSR count). The first-order valence-electron chi connectivity index (χ1n) is 6.51. The summed E-state index contributed by atoms with van der Waals surface area (Å²) < 4.78 is 12.8. The second-order valence-corrected chi connectivity index (χ2v) is 5.29. The smallest absolute Gasteiger partial charge is 0.238 e. The van der Waals surface area contributed by atoms with E-state index in [-0.39, 0.29) is 18.3 Å². The number of carbonyl (C=O) groups excluding carboxylic acids is 1. The molecule has 0 aliphatic rings. The number of rotatable bonds is 5. The summed E-state index contributed by atoms with van der Waals surface area (Å²) in [4.78, 5) is 13.8. The Balaban J connectivity index is 1.84. The molecule has 0 saturated heterocycles. The number of nitrogens with zero attached hydrogens (tertiary/aromatic N) is 1. The minimum atomic E-state index is -0.262. The number of nitrogens with one attached hydrogen (secondary N) is 1. The number of hydrogen-bond donors (Lipinski definition) is 1. The maximum atomic E-state index is 12.8. The van der Waals surface area contributed by atoms with E-state index in [4.69, 9.17) is 11.6 Å². The van der Waals surface area contributed by atoms with E-state index < -0.39 is 0 Å². The van der Waals surface area contributed by atoms with E-state index in [1.54, 1.807) is 36.4 Å². The van der Waals surface area contributed by atoms with Gasteiger partial charge in [0.25, 0.3) is 0 Å². The van der Waals surface area contributed by atoms with Gasteiger partial charge in [-0.25, -0.2) is 4.39 Å². The van der Waals surface area contributed by atoms with Crippen molar-refractivity contribution < 1.29 is 9.18 Å². The average Bonchev–Trinajstić information content (AvgIpc) is 2.44. The molecule has 21 heavy (non-hydrogen) atoms. The van der Waals surface area contributed by atoms with Gasteiger partial charge in [-0.15, -0.1) is 0 Å². The lowest BCUT2D eigenvalue weighted by Crippen LogP contribution is -2.29. The van der Waals surface area contributed by atoms with Crippen LogP contribution in [0.1, 0.15) is 5.56 Å². The molecular formula is C16H16ClFN2O. The van der Waals surface area contributed by atoms with Crippen LogP contribution in [0.4, 0.5) is 10.1 Å². The van der Waals surface area contributed by atoms with Gasteiger partial charge in [-0.1, -0.05) is 23.7 Å². The zero-order valence-corrected chi connectivity index (χ0v) is 12.4. The van der Waals surface area contributed by atoms with E-state index in [1.165, 1.54) is 12.1 Å². The van der Waals surface area contributed by atoms with E-state index in [0.29, 0.717) is 17.3 Å². The minimum Gasteiger partial charge on any atom is -0.325 e. The zero-order chi connectivity index (χ0) is 15.2. The van der Waals surface area contributed by atoms with Crippen molar-refractivity contribution in [1.29, 1.82) is 0 Å². The summed E-state index contributed by atoms with van der Waals surface area (Å²) in [6, 6.07) is 13.2. The van der Waals surface area contributed by atoms with Crippen molar-refractivity contribution in [2.75, 3.05) is 18.9 Å². The maximum Gasteiger partial charge on any atom is 0.238 e. The highest BCUT2D eigenvalue weighted by Crippen LogP contribution is 2.13. The second kappa shape index (κ2) is 7.20. The fraction of sp³-hybridized carbons (Fsp3) is 0.188. The molecular weight excluding hydrogens is 291 g/mol. The SMILES string of the molecule is CN(CC(=O)Nc1ccc(Cl)cc1)Cc1ccc(F)cc1. The molecule has 1 amide bonds. The first-order chi connectivity index (χ1) is 10.0. The molecule has 2 aromatic carbocycles. The minimum absolute atomic E-state index is 0.109. The summed E-state index contributed by atoms with van der Waals surface area (Å²) in [5.41, 5.74) is 1.66. The highest BCUT2D eigenvalue weighted by molar-refractivity contribution is 6.30. The standard InChI is InChI=1S/C16H16ClFN2O/c1-20(10-12-2-6-14(18)7-3-12)11-16(21)19-15-8-4-13(17)5-9-15/h2-9H,10-11H2,1H3,(H,19,21). The number of amides is 1. The largest absolute Gasteiger partial charge is 0.325 e. The Morgan fingerprint density at radius 3 is 2.38 bits per heavy atom. The van der Waals surface area contributed by atoms with E-state index in [9.17, 15) is 9.18 Å². The average molecular weight is 307 g/mol. The molecule has 0 aromatic heterocycles. The van der Waals surface area contributed by atoms with Gasteiger partial charge in [-0.2, -0.15) is 0 Å². The number of carbonyl (C=O) groups is 1. The predicted octanol–water partition coefficient (Wildman–Crippen LogP) is 3.55. The van der Waals surface area contributed by atoms with Gasteiger partial charge in [0, 0.05) is 17.3 Å². The Morgan fingerprint density at radius 1 is 1.14 bits per heavy atom. The Hall–Kier alpha value is -1.91. The van der Waals surface area contributed by atoms with Crippen LogP contribution in [-0.4, -0.2) is 24.4 Å². The molecule has 0 unspecified atom stereocenters. The Morgan fingerprint density at radius 2 is 1.76 bits per heavy atom. The monoisotopic (exact) mass is 306 g/mol. The lowest BCUT2D eigenvalue weighted by molar-refractivity contribution is -0.117. The predicted molar refractivity (Wildman–Crippen MR) is 82.8 cm³/mol. The van der Waals surface area contributed by atoms with Crippen molar-refractivity contribution >= 4 is 23.2 Å². The summed E-state index contributed by atoms with van der Waals surface area (Å²) in [5, 5.41) is 3.42. The van der Waals surface area contributed by atoms with Crippen LogP contribution in [0.15, 0.2) is 48.5 Å². The van der Waals surface area contributed by atoms with E-state index in [2.05, 4.69) is 5.32 Å². The van der Waals surface area contributed by atoms with Crippen molar-refractivity contribution in [2.45, 2.75) is 6.54 Å². The van der Waals surface area contributed by atoms with Crippen molar-refractivity contribution in [3.05, 3.63) is 64.9 Å². The molecule has 110 valence electrons. The van der Waals surface area contributed by atoms with E-state index in [1.807, 2.05) is 11.9 Å². The van der Waals surface area contributed by atoms with Crippen molar-refractivity contribution in [1.82, 2.24) is 4.90 Å². The quantitative estimate of drug-likeness (QED) is 0.916. The molecule has 0 bridgehead atoms. The summed E-state index contributed by atoms with van der Waals surface area (Å²) in [6.07, 6.45) is 0. The molecule has 2 aromatic rings. The Labute approximate surface area is 128 Å². The lowest BCUT2D eigenvalue weighted by atomic mass is 10.2. The van der Waals surface area contributed by atoms with Gasteiger partial charge in [0.1, 0.15) is 5.82 Å². The fourth-order valence-electron chi connectivity index (χ4n) is 1.94. The van der Waals surface area contributed by atoms with Crippen molar-refractivity contribution in [3.8, 4) is 0 Å². The van der Waals surface area contributed by atoms with Crippen LogP contribution >= 0.6 is 11.6 Å². The van der Waals surface area contributed by atoms with Crippen LogP contribution in [-0.2, 0) is 11.3 Å². The highest BCUT2D eigenvalue weighted by atomic mass is 35.5. The first-order valence-corrected chi connectivity index (χ1v) is 6.89. The summed E-state index contributed by atoms with van der Waals surface area (Å²) in [7, 11) is 1.84. The van der Waals surface area contributed by atoms with Gasteiger partial charge in [-0.05, 0) is 49.0 Å². The summed E-state index contributed by atoms with van der Waals surface area (Å²) in [5.74, 6) is -0.371. The van der Waals surface area contributed by atoms with E-state index >= 15 is 0 Å². The first kappa shape index (κ1) is 15.5. The molecule has 3 nitrogen and oxygen atoms in total. The number of hydrogen-bond acceptors (Lipinski definition) is 2. The molecule has 0 heterocycles. The van der Waals surface area contributed by atoms with Crippen LogP contribution in [0.3, 0.4) is 0 Å². The van der Waals surface area contributed by atoms with E-state index in [0.717, 1.165) is 5.56 Å². The normalized spacial score (nSPS) is 10.7. The van der Waals surface area contributed by atoms with Gasteiger partial charge in [0.05, 0.1) is 6.54 Å². The van der Waals surface area contributed by atoms with Gasteiger partial charge in [0.15, 0.2) is 0 Å². The van der Waals surface area contributed by atoms with Crippen LogP contribution in [0, 0.1) is 5.82 Å². The van der Waals surface area contributed by atoms with Crippen LogP contribution in [0.2, 0.25) is 5.02 Å². The highest BCUT2D eigenvalue weighted by Gasteiger charge is 2.07. The van der Waals surface area contributed by atoms with Gasteiger partial charge >= 0.3 is 0 Å². The Bertz CT molecular complexity index is 599. The molecule has 0 spiro atoms. The van der Waals surface area contributed by atoms with Gasteiger partial charge in [-0.3, -0.25) is 9.69 Å². The molecule has 0 fully saturated rings. The van der Waals surface area contributed by atoms with Crippen LogP contribution < -0.4 is 5.32 Å². The summed E-state index contributed by atoms with van der Waals surface area (Å²) >= 11 is 5.79. The molecule has 0 atom stereocenters. The summed E-state index contributed by atoms with van der Waals surface area (Å²) in [6.45, 7) is 0.828. The van der Waals surface area contributed by atoms with Crippen LogP contribution in [0.25, 0.3) is 0 Å². The van der Waals surface area contributed by atoms with Gasteiger partial charge in [0.2, 0.25) is 5.91 Å². The zero-order valence-electron chi connectivity index (χ0n) is 11.6. The molecule has 0 aliphatic carbocycles. The van der Waals surface area contributed by atoms with Crippen molar-refractivity contribution in [2.24, 2.45) is 0 Å². The topological polar surface area (TPSA) is 32.3 Å². The number of halogens is 2. The third-order valence-electron chi connectivity index (χ3n) is 2.91. The molecule has 0 radical (unpaired) electrons. The third kappa shape index (κ3) is 5.17. The number of likely N-dealkylation sites (N-methyl/N-ethyl adjacent to an activating group) is 1. The molecule has 5 heteroatoms. The third-order valence-corrected chi connectivity index (χ3v) is 3.16. The molecule has 0 aliphatic heterocycles. The Kier molecular flexibility index (Phi) is 5.31. The number of anilines is 1. The van der Waals surface area contributed by atoms with Gasteiger partial charge < -0.3 is 5.32 Å². The molecule has 1 N–H and O–H groups in total. The number of benzene rings is 2. The van der Waals surface area contributed by atoms with Crippen LogP contribution in [0.5, 0.6) is 0 Å². The maximum absolute atomic E-state index is 12.8. The molecule has 0 saturated carbocycles. The second-order valence-electron chi connectivity index (χ2n) is 4.85. The van der Waals surface area contributed by atoms with Crippen molar-refractivity contribution in [3.63, 3.8) is 0 Å².